The molecular weight excluding hydrogens is 368 g/mol. The van der Waals surface area contributed by atoms with Crippen LogP contribution in [0.15, 0.2) is 29.1 Å². The van der Waals surface area contributed by atoms with Crippen LogP contribution in [0, 0.1) is 5.92 Å². The minimum Gasteiger partial charge on any atom is -0.493 e. The van der Waals surface area contributed by atoms with E-state index in [1.807, 2.05) is 12.1 Å². The average molecular weight is 394 g/mol. The molecule has 6 heteroatoms. The molecule has 2 heterocycles. The van der Waals surface area contributed by atoms with Crippen molar-refractivity contribution < 1.29 is 14.6 Å². The largest absolute Gasteiger partial charge is 0.493 e. The summed E-state index contributed by atoms with van der Waals surface area (Å²) in [5.74, 6) is 0.715. The Morgan fingerprint density at radius 1 is 1.14 bits per heavy atom. The van der Waals surface area contributed by atoms with Gasteiger partial charge in [-0.3, -0.25) is 9.59 Å². The molecule has 3 aliphatic rings. The Kier molecular flexibility index (Phi) is 4.66. The number of hydrogen-bond acceptors (Lipinski definition) is 4. The standard InChI is InChI=1S/C23H26N2O4/c26-17-10-16(11-17)21(15-5-6-20-14(9-15)7-8-29-20)25-23(28)18-12-13-3-1-2-4-19(13)24-22(18)27/h5-6,9,12,16-17,21,26H,1-4,7-8,10-11H2,(H,24,27)(H,25,28). The number of benzene rings is 1. The van der Waals surface area contributed by atoms with Gasteiger partial charge >= 0.3 is 0 Å². The number of H-pyrrole nitrogens is 1. The zero-order chi connectivity index (χ0) is 20.0. The van der Waals surface area contributed by atoms with E-state index < -0.39 is 0 Å². The van der Waals surface area contributed by atoms with E-state index in [1.54, 1.807) is 6.07 Å². The summed E-state index contributed by atoms with van der Waals surface area (Å²) >= 11 is 0. The van der Waals surface area contributed by atoms with Gasteiger partial charge in [-0.1, -0.05) is 6.07 Å². The SMILES string of the molecule is O=C(NC(c1ccc2c(c1)CCO2)C1CC(O)C1)c1cc2c([nH]c1=O)CCCC2. The molecule has 29 heavy (non-hydrogen) atoms. The molecule has 0 radical (unpaired) electrons. The number of carbonyl (C=O) groups is 1. The molecule has 2 aliphatic carbocycles. The number of aryl methyl sites for hydroxylation is 2. The van der Waals surface area contributed by atoms with Crippen molar-refractivity contribution in [2.75, 3.05) is 6.61 Å². The summed E-state index contributed by atoms with van der Waals surface area (Å²) in [5.41, 5.74) is 4.06. The number of aliphatic hydroxyl groups excluding tert-OH is 1. The number of aromatic nitrogens is 1. The molecular formula is C23H26N2O4. The molecule has 0 bridgehead atoms. The number of nitrogens with one attached hydrogen (secondary N) is 2. The van der Waals surface area contributed by atoms with Crippen molar-refractivity contribution in [1.82, 2.24) is 10.3 Å². The molecule has 1 aromatic carbocycles. The van der Waals surface area contributed by atoms with Gasteiger partial charge in [0.15, 0.2) is 0 Å². The molecule has 1 aromatic heterocycles. The number of rotatable bonds is 4. The highest BCUT2D eigenvalue weighted by Crippen LogP contribution is 2.40. The maximum atomic E-state index is 13.1. The van der Waals surface area contributed by atoms with Gasteiger partial charge in [-0.2, -0.15) is 0 Å². The third-order valence-electron chi connectivity index (χ3n) is 6.56. The lowest BCUT2D eigenvalue weighted by atomic mass is 9.74. The van der Waals surface area contributed by atoms with Crippen molar-refractivity contribution in [2.45, 2.75) is 57.1 Å². The van der Waals surface area contributed by atoms with Crippen LogP contribution in [0.1, 0.15) is 64.5 Å². The van der Waals surface area contributed by atoms with Crippen LogP contribution in [0.5, 0.6) is 5.75 Å². The monoisotopic (exact) mass is 394 g/mol. The molecule has 6 nitrogen and oxygen atoms in total. The smallest absolute Gasteiger partial charge is 0.261 e. The minimum absolute atomic E-state index is 0.158. The van der Waals surface area contributed by atoms with Gasteiger partial charge in [0.1, 0.15) is 11.3 Å². The van der Waals surface area contributed by atoms with Gasteiger partial charge in [-0.05, 0) is 79.3 Å². The van der Waals surface area contributed by atoms with Crippen molar-refractivity contribution >= 4 is 5.91 Å². The first-order chi connectivity index (χ1) is 14.1. The maximum absolute atomic E-state index is 13.1. The summed E-state index contributed by atoms with van der Waals surface area (Å²) in [7, 11) is 0. The summed E-state index contributed by atoms with van der Waals surface area (Å²) in [6.07, 6.45) is 5.77. The predicted molar refractivity (Wildman–Crippen MR) is 108 cm³/mol. The first-order valence-corrected chi connectivity index (χ1v) is 10.6. The van der Waals surface area contributed by atoms with E-state index in [0.29, 0.717) is 19.4 Å². The van der Waals surface area contributed by atoms with E-state index in [9.17, 15) is 14.7 Å². The summed E-state index contributed by atoms with van der Waals surface area (Å²) in [6.45, 7) is 0.683. The van der Waals surface area contributed by atoms with Gasteiger partial charge in [0, 0.05) is 12.1 Å². The van der Waals surface area contributed by atoms with Gasteiger partial charge in [0.05, 0.1) is 18.8 Å². The van der Waals surface area contributed by atoms with Gasteiger partial charge in [0.25, 0.3) is 11.5 Å². The van der Waals surface area contributed by atoms with Crippen LogP contribution >= 0.6 is 0 Å². The summed E-state index contributed by atoms with van der Waals surface area (Å²) in [5, 5.41) is 12.9. The highest BCUT2D eigenvalue weighted by Gasteiger charge is 2.36. The highest BCUT2D eigenvalue weighted by atomic mass is 16.5. The predicted octanol–water partition coefficient (Wildman–Crippen LogP) is 2.43. The van der Waals surface area contributed by atoms with E-state index in [2.05, 4.69) is 16.4 Å². The van der Waals surface area contributed by atoms with E-state index in [0.717, 1.165) is 60.2 Å². The average Bonchev–Trinajstić information content (AvgIpc) is 3.17. The molecule has 1 saturated carbocycles. The van der Waals surface area contributed by atoms with Crippen LogP contribution in [-0.2, 0) is 19.3 Å². The zero-order valence-corrected chi connectivity index (χ0v) is 16.4. The van der Waals surface area contributed by atoms with Crippen LogP contribution in [0.25, 0.3) is 0 Å². The van der Waals surface area contributed by atoms with Crippen LogP contribution in [0.3, 0.4) is 0 Å². The molecule has 1 aliphatic heterocycles. The Morgan fingerprint density at radius 3 is 2.79 bits per heavy atom. The lowest BCUT2D eigenvalue weighted by molar-refractivity contribution is 0.0235. The van der Waals surface area contributed by atoms with Crippen LogP contribution in [0.2, 0.25) is 0 Å². The third-order valence-corrected chi connectivity index (χ3v) is 6.56. The Bertz CT molecular complexity index is 1010. The second-order valence-electron chi connectivity index (χ2n) is 8.53. The molecule has 5 rings (SSSR count). The number of ether oxygens (including phenoxy) is 1. The van der Waals surface area contributed by atoms with Crippen LogP contribution in [-0.4, -0.2) is 28.7 Å². The molecule has 0 saturated heterocycles. The van der Waals surface area contributed by atoms with E-state index in [1.165, 1.54) is 0 Å². The fraction of sp³-hybridized carbons (Fsp3) is 0.478. The molecule has 1 amide bonds. The first kappa shape index (κ1) is 18.4. The Hall–Kier alpha value is -2.60. The number of fused-ring (bicyclic) bond motifs is 2. The van der Waals surface area contributed by atoms with Gasteiger partial charge in [0.2, 0.25) is 0 Å². The van der Waals surface area contributed by atoms with Gasteiger partial charge in [-0.15, -0.1) is 0 Å². The number of carbonyl (C=O) groups excluding carboxylic acids is 1. The Labute approximate surface area is 169 Å². The van der Waals surface area contributed by atoms with Crippen molar-refractivity contribution in [2.24, 2.45) is 5.92 Å². The van der Waals surface area contributed by atoms with Gasteiger partial charge in [-0.25, -0.2) is 0 Å². The van der Waals surface area contributed by atoms with Crippen molar-refractivity contribution in [1.29, 1.82) is 0 Å². The van der Waals surface area contributed by atoms with Gasteiger partial charge < -0.3 is 20.1 Å². The van der Waals surface area contributed by atoms with Crippen molar-refractivity contribution in [3.05, 3.63) is 62.6 Å². The first-order valence-electron chi connectivity index (χ1n) is 10.6. The molecule has 1 unspecified atom stereocenters. The number of amides is 1. The summed E-state index contributed by atoms with van der Waals surface area (Å²) in [6, 6.07) is 7.57. The summed E-state index contributed by atoms with van der Waals surface area (Å²) in [4.78, 5) is 28.5. The van der Waals surface area contributed by atoms with Crippen molar-refractivity contribution in [3.63, 3.8) is 0 Å². The molecule has 152 valence electrons. The zero-order valence-electron chi connectivity index (χ0n) is 16.4. The Morgan fingerprint density at radius 2 is 1.97 bits per heavy atom. The molecule has 0 spiro atoms. The molecule has 2 aromatic rings. The molecule has 3 N–H and O–H groups in total. The Balaban J connectivity index is 1.43. The highest BCUT2D eigenvalue weighted by molar-refractivity contribution is 5.94. The minimum atomic E-state index is -0.345. The lowest BCUT2D eigenvalue weighted by Gasteiger charge is -2.38. The number of pyridine rings is 1. The van der Waals surface area contributed by atoms with E-state index in [-0.39, 0.29) is 35.1 Å². The number of aliphatic hydroxyl groups is 1. The number of aromatic amines is 1. The van der Waals surface area contributed by atoms with E-state index >= 15 is 0 Å². The second-order valence-corrected chi connectivity index (χ2v) is 8.53. The molecule has 1 atom stereocenters. The second kappa shape index (κ2) is 7.34. The quantitative estimate of drug-likeness (QED) is 0.743. The fourth-order valence-electron chi connectivity index (χ4n) is 4.84. The van der Waals surface area contributed by atoms with E-state index in [4.69, 9.17) is 4.74 Å². The normalized spacial score (nSPS) is 23.3. The van der Waals surface area contributed by atoms with Crippen LogP contribution < -0.4 is 15.6 Å². The third kappa shape index (κ3) is 3.46. The molecule has 1 fully saturated rings. The lowest BCUT2D eigenvalue weighted by Crippen LogP contribution is -2.42. The van der Waals surface area contributed by atoms with Crippen LogP contribution in [0.4, 0.5) is 0 Å². The number of hydrogen-bond donors (Lipinski definition) is 3. The van der Waals surface area contributed by atoms with Crippen molar-refractivity contribution in [3.8, 4) is 5.75 Å². The fourth-order valence-corrected chi connectivity index (χ4v) is 4.84. The summed E-state index contributed by atoms with van der Waals surface area (Å²) < 4.78 is 5.60. The maximum Gasteiger partial charge on any atom is 0.261 e. The topological polar surface area (TPSA) is 91.4 Å².